The van der Waals surface area contributed by atoms with Crippen LogP contribution in [0.4, 0.5) is 0 Å². The zero-order chi connectivity index (χ0) is 14.0. The molecule has 1 amide bonds. The molecular weight excluding hydrogens is 306 g/mol. The summed E-state index contributed by atoms with van der Waals surface area (Å²) in [6.07, 6.45) is 1.29. The van der Waals surface area contributed by atoms with Gasteiger partial charge in [-0.1, -0.05) is 22.9 Å². The van der Waals surface area contributed by atoms with Crippen molar-refractivity contribution in [2.75, 3.05) is 13.1 Å². The Labute approximate surface area is 122 Å². The summed E-state index contributed by atoms with van der Waals surface area (Å²) in [7, 11) is 0. The van der Waals surface area contributed by atoms with Crippen molar-refractivity contribution < 1.29 is 9.59 Å². The van der Waals surface area contributed by atoms with Gasteiger partial charge in [0.2, 0.25) is 0 Å². The lowest BCUT2D eigenvalue weighted by Gasteiger charge is -2.31. The third-order valence-electron chi connectivity index (χ3n) is 3.72. The van der Waals surface area contributed by atoms with Crippen LogP contribution in [-0.4, -0.2) is 29.7 Å². The molecule has 102 valence electrons. The molecule has 1 aromatic rings. The van der Waals surface area contributed by atoms with E-state index in [0.29, 0.717) is 25.3 Å². The Morgan fingerprint density at radius 2 is 2.21 bits per heavy atom. The summed E-state index contributed by atoms with van der Waals surface area (Å²) in [5.74, 6) is 0.337. The Balaban J connectivity index is 2.18. The summed E-state index contributed by atoms with van der Waals surface area (Å²) < 4.78 is 0.974. The fourth-order valence-corrected chi connectivity index (χ4v) is 2.96. The van der Waals surface area contributed by atoms with E-state index in [0.717, 1.165) is 22.0 Å². The average molecular weight is 324 g/mol. The predicted molar refractivity (Wildman–Crippen MR) is 78.2 cm³/mol. The van der Waals surface area contributed by atoms with Crippen LogP contribution in [0.3, 0.4) is 0 Å². The van der Waals surface area contributed by atoms with Crippen molar-refractivity contribution in [3.63, 3.8) is 0 Å². The minimum absolute atomic E-state index is 0.00783. The number of piperidine rings is 1. The van der Waals surface area contributed by atoms with Gasteiger partial charge < -0.3 is 4.90 Å². The topological polar surface area (TPSA) is 37.4 Å². The van der Waals surface area contributed by atoms with E-state index in [4.69, 9.17) is 0 Å². The Bertz CT molecular complexity index is 513. The van der Waals surface area contributed by atoms with Crippen molar-refractivity contribution in [3.8, 4) is 0 Å². The van der Waals surface area contributed by atoms with Crippen LogP contribution >= 0.6 is 15.9 Å². The minimum atomic E-state index is 0.00783. The zero-order valence-corrected chi connectivity index (χ0v) is 12.9. The van der Waals surface area contributed by atoms with Crippen LogP contribution in [0.25, 0.3) is 0 Å². The van der Waals surface area contributed by atoms with Crippen LogP contribution in [-0.2, 0) is 4.79 Å². The number of amides is 1. The first-order chi connectivity index (χ1) is 9.02. The van der Waals surface area contributed by atoms with Crippen molar-refractivity contribution in [3.05, 3.63) is 33.8 Å². The van der Waals surface area contributed by atoms with Crippen molar-refractivity contribution in [2.45, 2.75) is 26.7 Å². The standard InChI is InChI=1S/C15H18BrNO2/c1-3-11-9-17(7-6-14(11)18)15(19)13-5-4-12(16)8-10(13)2/h4-5,8,11H,3,6-7,9H2,1-2H3. The van der Waals surface area contributed by atoms with E-state index in [1.807, 2.05) is 36.9 Å². The number of ketones is 1. The van der Waals surface area contributed by atoms with Crippen LogP contribution < -0.4 is 0 Å². The number of halogens is 1. The molecule has 0 N–H and O–H groups in total. The molecule has 0 saturated carbocycles. The van der Waals surface area contributed by atoms with Crippen LogP contribution in [0.2, 0.25) is 0 Å². The third-order valence-corrected chi connectivity index (χ3v) is 4.22. The van der Waals surface area contributed by atoms with Gasteiger partial charge in [0.1, 0.15) is 5.78 Å². The molecule has 0 aliphatic carbocycles. The number of carbonyl (C=O) groups is 2. The van der Waals surface area contributed by atoms with Gasteiger partial charge in [0.05, 0.1) is 0 Å². The number of aryl methyl sites for hydroxylation is 1. The monoisotopic (exact) mass is 323 g/mol. The Morgan fingerprint density at radius 1 is 1.47 bits per heavy atom. The number of nitrogens with zero attached hydrogens (tertiary/aromatic N) is 1. The Morgan fingerprint density at radius 3 is 2.84 bits per heavy atom. The van der Waals surface area contributed by atoms with E-state index in [1.54, 1.807) is 0 Å². The fraction of sp³-hybridized carbons (Fsp3) is 0.467. The number of likely N-dealkylation sites (tertiary alicyclic amines) is 1. The van der Waals surface area contributed by atoms with E-state index >= 15 is 0 Å². The molecule has 0 radical (unpaired) electrons. The van der Waals surface area contributed by atoms with Crippen LogP contribution in [0.15, 0.2) is 22.7 Å². The summed E-state index contributed by atoms with van der Waals surface area (Å²) in [4.78, 5) is 26.0. The lowest BCUT2D eigenvalue weighted by molar-refractivity contribution is -0.125. The molecule has 2 rings (SSSR count). The van der Waals surface area contributed by atoms with Gasteiger partial charge in [-0.25, -0.2) is 0 Å². The van der Waals surface area contributed by atoms with Gasteiger partial charge in [0, 0.05) is 35.5 Å². The Hall–Kier alpha value is -1.16. The highest BCUT2D eigenvalue weighted by Crippen LogP contribution is 2.21. The molecule has 1 aliphatic heterocycles. The molecular formula is C15H18BrNO2. The summed E-state index contributed by atoms with van der Waals surface area (Å²) in [6, 6.07) is 5.67. The van der Waals surface area contributed by atoms with E-state index in [1.165, 1.54) is 0 Å². The molecule has 19 heavy (non-hydrogen) atoms. The highest BCUT2D eigenvalue weighted by atomic mass is 79.9. The highest BCUT2D eigenvalue weighted by Gasteiger charge is 2.29. The van der Waals surface area contributed by atoms with Gasteiger partial charge in [-0.3, -0.25) is 9.59 Å². The molecule has 0 spiro atoms. The molecule has 1 saturated heterocycles. The number of hydrogen-bond donors (Lipinski definition) is 0. The summed E-state index contributed by atoms with van der Waals surface area (Å²) in [6.45, 7) is 5.04. The van der Waals surface area contributed by atoms with Crippen molar-refractivity contribution >= 4 is 27.6 Å². The molecule has 1 aliphatic rings. The highest BCUT2D eigenvalue weighted by molar-refractivity contribution is 9.10. The summed E-state index contributed by atoms with van der Waals surface area (Å²) in [5.41, 5.74) is 1.69. The van der Waals surface area contributed by atoms with Gasteiger partial charge in [-0.15, -0.1) is 0 Å². The van der Waals surface area contributed by atoms with Crippen LogP contribution in [0, 0.1) is 12.8 Å². The number of Topliss-reactive ketones (excluding diaryl/α,β-unsaturated/α-hetero) is 1. The normalized spacial score (nSPS) is 19.6. The average Bonchev–Trinajstić information content (AvgIpc) is 2.38. The first-order valence-corrected chi connectivity index (χ1v) is 7.40. The lowest BCUT2D eigenvalue weighted by Crippen LogP contribution is -2.44. The third kappa shape index (κ3) is 3.06. The van der Waals surface area contributed by atoms with Crippen LogP contribution in [0.1, 0.15) is 35.7 Å². The Kier molecular flexibility index (Phi) is 4.40. The van der Waals surface area contributed by atoms with Crippen molar-refractivity contribution in [1.29, 1.82) is 0 Å². The first-order valence-electron chi connectivity index (χ1n) is 6.61. The van der Waals surface area contributed by atoms with Gasteiger partial charge in [-0.2, -0.15) is 0 Å². The van der Waals surface area contributed by atoms with Crippen LogP contribution in [0.5, 0.6) is 0 Å². The van der Waals surface area contributed by atoms with E-state index in [2.05, 4.69) is 15.9 Å². The molecule has 1 aromatic carbocycles. The molecule has 1 unspecified atom stereocenters. The molecule has 3 nitrogen and oxygen atoms in total. The van der Waals surface area contributed by atoms with Crippen molar-refractivity contribution in [2.24, 2.45) is 5.92 Å². The maximum atomic E-state index is 12.5. The second-order valence-corrected chi connectivity index (χ2v) is 5.95. The molecule has 0 aromatic heterocycles. The predicted octanol–water partition coefficient (Wildman–Crippen LogP) is 3.20. The second kappa shape index (κ2) is 5.87. The maximum Gasteiger partial charge on any atom is 0.254 e. The lowest BCUT2D eigenvalue weighted by atomic mass is 9.93. The van der Waals surface area contributed by atoms with E-state index in [-0.39, 0.29) is 11.8 Å². The maximum absolute atomic E-state index is 12.5. The minimum Gasteiger partial charge on any atom is -0.337 e. The number of benzene rings is 1. The summed E-state index contributed by atoms with van der Waals surface area (Å²) in [5, 5.41) is 0. The molecule has 1 atom stereocenters. The molecule has 1 fully saturated rings. The molecule has 1 heterocycles. The number of rotatable bonds is 2. The zero-order valence-electron chi connectivity index (χ0n) is 11.3. The second-order valence-electron chi connectivity index (χ2n) is 5.03. The van der Waals surface area contributed by atoms with Crippen molar-refractivity contribution in [1.82, 2.24) is 4.90 Å². The number of carbonyl (C=O) groups excluding carboxylic acids is 2. The molecule has 0 bridgehead atoms. The SMILES string of the molecule is CCC1CN(C(=O)c2ccc(Br)cc2C)CCC1=O. The van der Waals surface area contributed by atoms with E-state index < -0.39 is 0 Å². The fourth-order valence-electron chi connectivity index (χ4n) is 2.49. The van der Waals surface area contributed by atoms with E-state index in [9.17, 15) is 9.59 Å². The van der Waals surface area contributed by atoms with Gasteiger partial charge in [0.25, 0.3) is 5.91 Å². The largest absolute Gasteiger partial charge is 0.337 e. The van der Waals surface area contributed by atoms with Gasteiger partial charge in [0.15, 0.2) is 0 Å². The summed E-state index contributed by atoms with van der Waals surface area (Å²) >= 11 is 3.40. The first kappa shape index (κ1) is 14.3. The molecule has 4 heteroatoms. The quantitative estimate of drug-likeness (QED) is 0.838. The van der Waals surface area contributed by atoms with Gasteiger partial charge in [-0.05, 0) is 37.1 Å². The smallest absolute Gasteiger partial charge is 0.254 e. The number of hydrogen-bond acceptors (Lipinski definition) is 2. The van der Waals surface area contributed by atoms with Gasteiger partial charge >= 0.3 is 0 Å².